The van der Waals surface area contributed by atoms with E-state index >= 15 is 0 Å². The zero-order chi connectivity index (χ0) is 16.4. The Morgan fingerprint density at radius 1 is 0.958 bits per heavy atom. The number of hydrogen-bond acceptors (Lipinski definition) is 4. The number of aromatic nitrogens is 4. The minimum Gasteiger partial charge on any atom is -0.485 e. The molecule has 0 aliphatic rings. The second-order valence-corrected chi connectivity index (χ2v) is 5.53. The average Bonchev–Trinajstić information content (AvgIpc) is 3.10. The van der Waals surface area contributed by atoms with Gasteiger partial charge in [0.25, 0.3) is 0 Å². The Morgan fingerprint density at radius 2 is 1.83 bits per heavy atom. The Morgan fingerprint density at radius 3 is 2.71 bits per heavy atom. The van der Waals surface area contributed by atoms with Crippen molar-refractivity contribution in [3.05, 3.63) is 78.2 Å². The smallest absolute Gasteiger partial charge is 0.146 e. The molecular weight excluding hydrogens is 300 g/mol. The fraction of sp³-hybridized carbons (Fsp3) is 0.105. The summed E-state index contributed by atoms with van der Waals surface area (Å²) in [6.07, 6.45) is 1.72. The highest BCUT2D eigenvalue weighted by Crippen LogP contribution is 2.24. The van der Waals surface area contributed by atoms with E-state index in [2.05, 4.69) is 21.2 Å². The fourth-order valence-electron chi connectivity index (χ4n) is 2.53. The highest BCUT2D eigenvalue weighted by molar-refractivity contribution is 5.84. The summed E-state index contributed by atoms with van der Waals surface area (Å²) in [5.41, 5.74) is 3.52. The van der Waals surface area contributed by atoms with Crippen LogP contribution in [-0.2, 0) is 6.61 Å². The third kappa shape index (κ3) is 2.84. The molecule has 24 heavy (non-hydrogen) atoms. The zero-order valence-electron chi connectivity index (χ0n) is 13.3. The highest BCUT2D eigenvalue weighted by atomic mass is 16.5. The van der Waals surface area contributed by atoms with E-state index in [1.165, 1.54) is 0 Å². The molecule has 0 saturated carbocycles. The Labute approximate surface area is 139 Å². The molecule has 0 amide bonds. The van der Waals surface area contributed by atoms with Gasteiger partial charge in [0.15, 0.2) is 0 Å². The molecule has 0 spiro atoms. The van der Waals surface area contributed by atoms with E-state index in [1.807, 2.05) is 61.5 Å². The maximum Gasteiger partial charge on any atom is 0.146 e. The Kier molecular flexibility index (Phi) is 3.67. The number of ether oxygens (including phenoxy) is 1. The van der Waals surface area contributed by atoms with Gasteiger partial charge in [-0.05, 0) is 31.2 Å². The number of para-hydroxylation sites is 2. The molecule has 2 heterocycles. The van der Waals surface area contributed by atoms with Gasteiger partial charge in [0.1, 0.15) is 23.6 Å². The second kappa shape index (κ2) is 6.12. The molecule has 0 unspecified atom stereocenters. The first kappa shape index (κ1) is 14.4. The topological polar surface area (TPSA) is 52.8 Å². The van der Waals surface area contributed by atoms with Gasteiger partial charge in [-0.2, -0.15) is 9.90 Å². The molecule has 0 fully saturated rings. The van der Waals surface area contributed by atoms with Crippen molar-refractivity contribution in [3.63, 3.8) is 0 Å². The molecule has 4 rings (SSSR count). The van der Waals surface area contributed by atoms with Crippen molar-refractivity contribution in [1.29, 1.82) is 0 Å². The van der Waals surface area contributed by atoms with Gasteiger partial charge in [0.05, 0.1) is 11.9 Å². The summed E-state index contributed by atoms with van der Waals surface area (Å²) in [4.78, 5) is 6.18. The van der Waals surface area contributed by atoms with Gasteiger partial charge in [0.2, 0.25) is 0 Å². The molecule has 118 valence electrons. The molecule has 0 aliphatic heterocycles. The number of rotatable bonds is 4. The maximum absolute atomic E-state index is 5.93. The maximum atomic E-state index is 5.93. The molecule has 0 aliphatic carbocycles. The Bertz CT molecular complexity index is 979. The van der Waals surface area contributed by atoms with Gasteiger partial charge in [-0.3, -0.25) is 0 Å². The van der Waals surface area contributed by atoms with Crippen LogP contribution < -0.4 is 4.74 Å². The quantitative estimate of drug-likeness (QED) is 0.576. The lowest BCUT2D eigenvalue weighted by atomic mass is 10.2. The summed E-state index contributed by atoms with van der Waals surface area (Å²) in [5, 5.41) is 9.80. The van der Waals surface area contributed by atoms with Gasteiger partial charge in [-0.1, -0.05) is 36.4 Å². The number of fused-ring (bicyclic) bond motifs is 1. The van der Waals surface area contributed by atoms with E-state index in [9.17, 15) is 0 Å². The van der Waals surface area contributed by atoms with Crippen LogP contribution in [0, 0.1) is 6.92 Å². The van der Waals surface area contributed by atoms with E-state index < -0.39 is 0 Å². The molecule has 0 atom stereocenters. The zero-order valence-corrected chi connectivity index (χ0v) is 13.3. The normalized spacial score (nSPS) is 10.9. The summed E-state index contributed by atoms with van der Waals surface area (Å²) in [6.45, 7) is 2.32. The number of aryl methyl sites for hydroxylation is 1. The Hall–Kier alpha value is -3.21. The third-order valence-corrected chi connectivity index (χ3v) is 3.72. The Balaban J connectivity index is 1.56. The molecule has 4 aromatic rings. The van der Waals surface area contributed by atoms with Crippen LogP contribution in [0.2, 0.25) is 0 Å². The summed E-state index contributed by atoms with van der Waals surface area (Å²) in [5.74, 6) is 0.755. The van der Waals surface area contributed by atoms with Crippen LogP contribution in [0.1, 0.15) is 11.4 Å². The van der Waals surface area contributed by atoms with E-state index in [1.54, 1.807) is 11.0 Å². The molecule has 2 aromatic heterocycles. The first-order valence-electron chi connectivity index (χ1n) is 7.75. The highest BCUT2D eigenvalue weighted by Gasteiger charge is 2.07. The van der Waals surface area contributed by atoms with E-state index in [0.29, 0.717) is 6.61 Å². The van der Waals surface area contributed by atoms with Crippen molar-refractivity contribution < 1.29 is 4.74 Å². The van der Waals surface area contributed by atoms with Crippen LogP contribution >= 0.6 is 0 Å². The van der Waals surface area contributed by atoms with Crippen molar-refractivity contribution in [2.24, 2.45) is 0 Å². The largest absolute Gasteiger partial charge is 0.485 e. The van der Waals surface area contributed by atoms with Crippen molar-refractivity contribution >= 4 is 10.9 Å². The van der Waals surface area contributed by atoms with Crippen LogP contribution in [-0.4, -0.2) is 20.0 Å². The molecule has 5 nitrogen and oxygen atoms in total. The molecule has 0 saturated heterocycles. The van der Waals surface area contributed by atoms with Crippen molar-refractivity contribution in [2.75, 3.05) is 0 Å². The first-order chi connectivity index (χ1) is 11.8. The van der Waals surface area contributed by atoms with Crippen molar-refractivity contribution in [1.82, 2.24) is 20.0 Å². The number of benzene rings is 2. The minimum absolute atomic E-state index is 0.349. The summed E-state index contributed by atoms with van der Waals surface area (Å²) < 4.78 is 5.93. The van der Waals surface area contributed by atoms with Crippen molar-refractivity contribution in [3.8, 4) is 11.4 Å². The molecule has 2 aromatic carbocycles. The number of hydrogen-bond donors (Lipinski definition) is 0. The van der Waals surface area contributed by atoms with Crippen LogP contribution in [0.5, 0.6) is 5.75 Å². The van der Waals surface area contributed by atoms with E-state index in [4.69, 9.17) is 4.74 Å². The summed E-state index contributed by atoms with van der Waals surface area (Å²) >= 11 is 0. The third-order valence-electron chi connectivity index (χ3n) is 3.72. The molecule has 0 N–H and O–H groups in total. The summed E-state index contributed by atoms with van der Waals surface area (Å²) in [6, 6.07) is 19.8. The van der Waals surface area contributed by atoms with E-state index in [-0.39, 0.29) is 0 Å². The lowest BCUT2D eigenvalue weighted by Crippen LogP contribution is -2.01. The van der Waals surface area contributed by atoms with Gasteiger partial charge in [-0.15, -0.1) is 5.10 Å². The van der Waals surface area contributed by atoms with Crippen molar-refractivity contribution in [2.45, 2.75) is 13.5 Å². The predicted molar refractivity (Wildman–Crippen MR) is 92.2 cm³/mol. The van der Waals surface area contributed by atoms with Crippen LogP contribution in [0.4, 0.5) is 0 Å². The van der Waals surface area contributed by atoms with Gasteiger partial charge in [-0.25, -0.2) is 4.98 Å². The van der Waals surface area contributed by atoms with Gasteiger partial charge < -0.3 is 4.74 Å². The number of nitrogens with zero attached hydrogens (tertiary/aromatic N) is 4. The SMILES string of the molecule is Cc1ccc2cccc(OCc3cnn(-c4ccccc4)n3)c2n1. The van der Waals surface area contributed by atoms with E-state index in [0.717, 1.165) is 33.7 Å². The molecular formula is C19H16N4O. The van der Waals surface area contributed by atoms with Crippen LogP contribution in [0.25, 0.3) is 16.6 Å². The minimum atomic E-state index is 0.349. The van der Waals surface area contributed by atoms with Crippen LogP contribution in [0.15, 0.2) is 66.9 Å². The fourth-order valence-corrected chi connectivity index (χ4v) is 2.53. The predicted octanol–water partition coefficient (Wildman–Crippen LogP) is 3.70. The van der Waals surface area contributed by atoms with Gasteiger partial charge in [0, 0.05) is 11.1 Å². The molecule has 5 heteroatoms. The lowest BCUT2D eigenvalue weighted by molar-refractivity contribution is 0.303. The van der Waals surface area contributed by atoms with Gasteiger partial charge >= 0.3 is 0 Å². The number of pyridine rings is 1. The second-order valence-electron chi connectivity index (χ2n) is 5.53. The monoisotopic (exact) mass is 316 g/mol. The molecule has 0 radical (unpaired) electrons. The van der Waals surface area contributed by atoms with Crippen LogP contribution in [0.3, 0.4) is 0 Å². The lowest BCUT2D eigenvalue weighted by Gasteiger charge is -2.07. The first-order valence-corrected chi connectivity index (χ1v) is 7.75. The standard InChI is InChI=1S/C19H16N4O/c1-14-10-11-15-6-5-9-18(19(15)21-14)24-13-16-12-20-23(22-16)17-7-3-2-4-8-17/h2-12H,13H2,1H3. The molecule has 0 bridgehead atoms. The summed E-state index contributed by atoms with van der Waals surface area (Å²) in [7, 11) is 0. The average molecular weight is 316 g/mol.